The summed E-state index contributed by atoms with van der Waals surface area (Å²) >= 11 is 1.06. The zero-order chi connectivity index (χ0) is 9.42. The number of halogens is 1. The maximum atomic E-state index is 12.8. The Morgan fingerprint density at radius 2 is 2.15 bits per heavy atom. The molecule has 1 aromatic carbocycles. The highest BCUT2D eigenvalue weighted by atomic mass is 32.1. The molecule has 0 aliphatic carbocycles. The number of thiophene rings is 1. The van der Waals surface area contributed by atoms with Crippen molar-refractivity contribution in [1.82, 2.24) is 0 Å². The molecule has 1 nitrogen and oxygen atoms in total. The molecule has 0 unspecified atom stereocenters. The fraction of sp³-hybridized carbons (Fsp3) is 0.100. The van der Waals surface area contributed by atoms with Gasteiger partial charge in [0.1, 0.15) is 6.29 Å². The molecule has 0 aliphatic heterocycles. The highest BCUT2D eigenvalue weighted by molar-refractivity contribution is 7.17. The minimum absolute atomic E-state index is 0.211. The maximum Gasteiger partial charge on any atom is 0.177 e. The zero-order valence-electron chi connectivity index (χ0n) is 7.00. The third-order valence-corrected chi connectivity index (χ3v) is 2.89. The van der Waals surface area contributed by atoms with Gasteiger partial charge in [0.15, 0.2) is 5.13 Å². The number of aldehydes is 1. The van der Waals surface area contributed by atoms with Crippen molar-refractivity contribution in [3.05, 3.63) is 34.5 Å². The molecular formula is C10H7FOS. The van der Waals surface area contributed by atoms with E-state index in [1.54, 1.807) is 6.07 Å². The van der Waals surface area contributed by atoms with Crippen LogP contribution in [0.15, 0.2) is 18.2 Å². The Labute approximate surface area is 78.8 Å². The molecule has 0 bridgehead atoms. The monoisotopic (exact) mass is 194 g/mol. The number of rotatable bonds is 1. The number of benzene rings is 1. The summed E-state index contributed by atoms with van der Waals surface area (Å²) in [6.07, 6.45) is 0.798. The smallest absolute Gasteiger partial charge is 0.177 e. The third-order valence-electron chi connectivity index (χ3n) is 2.00. The summed E-state index contributed by atoms with van der Waals surface area (Å²) in [5.74, 6) is 0. The van der Waals surface area contributed by atoms with E-state index in [0.717, 1.165) is 33.3 Å². The van der Waals surface area contributed by atoms with Crippen molar-refractivity contribution in [2.75, 3.05) is 0 Å². The molecule has 0 atom stereocenters. The van der Waals surface area contributed by atoms with E-state index in [-0.39, 0.29) is 5.13 Å². The third kappa shape index (κ3) is 1.35. The van der Waals surface area contributed by atoms with Crippen molar-refractivity contribution in [3.63, 3.8) is 0 Å². The number of aryl methyl sites for hydroxylation is 1. The fourth-order valence-corrected chi connectivity index (χ4v) is 2.13. The molecule has 66 valence electrons. The van der Waals surface area contributed by atoms with Gasteiger partial charge in [-0.2, -0.15) is 4.39 Å². The summed E-state index contributed by atoms with van der Waals surface area (Å²) in [4.78, 5) is 10.6. The average Bonchev–Trinajstić information content (AvgIpc) is 2.42. The molecule has 0 saturated heterocycles. The predicted molar refractivity (Wildman–Crippen MR) is 51.9 cm³/mol. The second-order valence-electron chi connectivity index (χ2n) is 2.91. The fourth-order valence-electron chi connectivity index (χ4n) is 1.31. The molecule has 2 aromatic rings. The van der Waals surface area contributed by atoms with Crippen LogP contribution in [0.25, 0.3) is 10.1 Å². The molecule has 0 N–H and O–H groups in total. The summed E-state index contributed by atoms with van der Waals surface area (Å²) in [6, 6.07) is 5.05. The molecule has 1 aromatic heterocycles. The first-order valence-electron chi connectivity index (χ1n) is 3.85. The van der Waals surface area contributed by atoms with Crippen LogP contribution in [-0.2, 0) is 0 Å². The van der Waals surface area contributed by atoms with Crippen LogP contribution in [0.2, 0.25) is 0 Å². The lowest BCUT2D eigenvalue weighted by atomic mass is 10.1. The Morgan fingerprint density at radius 1 is 1.38 bits per heavy atom. The van der Waals surface area contributed by atoms with E-state index >= 15 is 0 Å². The van der Waals surface area contributed by atoms with Crippen LogP contribution in [0.5, 0.6) is 0 Å². The second kappa shape index (κ2) is 2.92. The first-order chi connectivity index (χ1) is 6.20. The number of hydrogen-bond acceptors (Lipinski definition) is 2. The number of carbonyl (C=O) groups excluding carboxylic acids is 1. The minimum Gasteiger partial charge on any atom is -0.298 e. The summed E-state index contributed by atoms with van der Waals surface area (Å²) in [7, 11) is 0. The highest BCUT2D eigenvalue weighted by Crippen LogP contribution is 2.26. The lowest BCUT2D eigenvalue weighted by Gasteiger charge is -1.96. The summed E-state index contributed by atoms with van der Waals surface area (Å²) in [6.45, 7) is 1.85. The SMILES string of the molecule is Cc1cc2cc(F)sc2cc1C=O. The molecule has 0 amide bonds. The number of fused-ring (bicyclic) bond motifs is 1. The normalized spacial score (nSPS) is 10.6. The van der Waals surface area contributed by atoms with Crippen LogP contribution in [0.3, 0.4) is 0 Å². The Bertz CT molecular complexity index is 473. The van der Waals surface area contributed by atoms with Crippen LogP contribution in [0, 0.1) is 12.1 Å². The van der Waals surface area contributed by atoms with Crippen molar-refractivity contribution >= 4 is 27.7 Å². The van der Waals surface area contributed by atoms with Crippen molar-refractivity contribution in [2.24, 2.45) is 0 Å². The molecule has 1 heterocycles. The topological polar surface area (TPSA) is 17.1 Å². The van der Waals surface area contributed by atoms with Gasteiger partial charge in [-0.25, -0.2) is 0 Å². The average molecular weight is 194 g/mol. The van der Waals surface area contributed by atoms with Gasteiger partial charge in [0.2, 0.25) is 0 Å². The van der Waals surface area contributed by atoms with Crippen molar-refractivity contribution in [2.45, 2.75) is 6.92 Å². The van der Waals surface area contributed by atoms with E-state index in [4.69, 9.17) is 0 Å². The predicted octanol–water partition coefficient (Wildman–Crippen LogP) is 3.16. The van der Waals surface area contributed by atoms with Gasteiger partial charge in [-0.1, -0.05) is 0 Å². The molecule has 0 spiro atoms. The Hall–Kier alpha value is -1.22. The standard InChI is InChI=1S/C10H7FOS/c1-6-2-7-4-10(11)13-9(7)3-8(6)5-12/h2-5H,1H3. The van der Waals surface area contributed by atoms with E-state index < -0.39 is 0 Å². The van der Waals surface area contributed by atoms with E-state index in [9.17, 15) is 9.18 Å². The number of carbonyl (C=O) groups is 1. The van der Waals surface area contributed by atoms with Crippen molar-refractivity contribution in [1.29, 1.82) is 0 Å². The second-order valence-corrected chi connectivity index (χ2v) is 3.95. The molecule has 13 heavy (non-hydrogen) atoms. The highest BCUT2D eigenvalue weighted by Gasteiger charge is 2.04. The molecular weight excluding hydrogens is 187 g/mol. The summed E-state index contributed by atoms with van der Waals surface area (Å²) in [5.41, 5.74) is 1.52. The van der Waals surface area contributed by atoms with E-state index in [1.165, 1.54) is 6.07 Å². The van der Waals surface area contributed by atoms with Gasteiger partial charge in [0.05, 0.1) is 0 Å². The molecule has 3 heteroatoms. The molecule has 0 aliphatic rings. The Balaban J connectivity index is 2.79. The minimum atomic E-state index is -0.211. The van der Waals surface area contributed by atoms with Crippen LogP contribution < -0.4 is 0 Å². The number of hydrogen-bond donors (Lipinski definition) is 0. The van der Waals surface area contributed by atoms with Crippen LogP contribution in [0.1, 0.15) is 15.9 Å². The quantitative estimate of drug-likeness (QED) is 0.637. The first kappa shape index (κ1) is 8.38. The lowest BCUT2D eigenvalue weighted by molar-refractivity contribution is 0.112. The van der Waals surface area contributed by atoms with Crippen LogP contribution in [-0.4, -0.2) is 6.29 Å². The maximum absolute atomic E-state index is 12.8. The van der Waals surface area contributed by atoms with Gasteiger partial charge in [0.25, 0.3) is 0 Å². The lowest BCUT2D eigenvalue weighted by Crippen LogP contribution is -1.83. The summed E-state index contributed by atoms with van der Waals surface area (Å²) in [5, 5.41) is 0.656. The van der Waals surface area contributed by atoms with E-state index in [2.05, 4.69) is 0 Å². The first-order valence-corrected chi connectivity index (χ1v) is 4.67. The van der Waals surface area contributed by atoms with E-state index in [1.807, 2.05) is 13.0 Å². The van der Waals surface area contributed by atoms with Gasteiger partial charge in [-0.3, -0.25) is 4.79 Å². The molecule has 2 rings (SSSR count). The van der Waals surface area contributed by atoms with Gasteiger partial charge in [-0.15, -0.1) is 11.3 Å². The zero-order valence-corrected chi connectivity index (χ0v) is 7.82. The summed E-state index contributed by atoms with van der Waals surface area (Å²) < 4.78 is 13.6. The Morgan fingerprint density at radius 3 is 2.85 bits per heavy atom. The molecule has 0 radical (unpaired) electrons. The van der Waals surface area contributed by atoms with Crippen molar-refractivity contribution < 1.29 is 9.18 Å². The largest absolute Gasteiger partial charge is 0.298 e. The van der Waals surface area contributed by atoms with E-state index in [0.29, 0.717) is 5.56 Å². The van der Waals surface area contributed by atoms with Gasteiger partial charge in [0, 0.05) is 10.3 Å². The van der Waals surface area contributed by atoms with Gasteiger partial charge >= 0.3 is 0 Å². The van der Waals surface area contributed by atoms with Crippen LogP contribution in [0.4, 0.5) is 4.39 Å². The van der Waals surface area contributed by atoms with Gasteiger partial charge in [-0.05, 0) is 36.1 Å². The molecule has 0 saturated carbocycles. The van der Waals surface area contributed by atoms with Crippen molar-refractivity contribution in [3.8, 4) is 0 Å². The van der Waals surface area contributed by atoms with Crippen LogP contribution >= 0.6 is 11.3 Å². The van der Waals surface area contributed by atoms with Gasteiger partial charge < -0.3 is 0 Å². The Kier molecular flexibility index (Phi) is 1.88. The molecule has 0 fully saturated rings.